The predicted octanol–water partition coefficient (Wildman–Crippen LogP) is 3.39. The van der Waals surface area contributed by atoms with Gasteiger partial charge in [-0.25, -0.2) is 4.98 Å². The normalized spacial score (nSPS) is 10.7. The number of hydrogen-bond acceptors (Lipinski definition) is 4. The Bertz CT molecular complexity index is 666. The van der Waals surface area contributed by atoms with Crippen LogP contribution in [0.2, 0.25) is 0 Å². The Kier molecular flexibility index (Phi) is 3.52. The molecule has 18 heavy (non-hydrogen) atoms. The van der Waals surface area contributed by atoms with E-state index in [0.29, 0.717) is 11.1 Å². The molecule has 0 bridgehead atoms. The molecule has 0 N–H and O–H groups in total. The molecule has 3 nitrogen and oxygen atoms in total. The lowest BCUT2D eigenvalue weighted by atomic mass is 10.1. The van der Waals surface area contributed by atoms with E-state index in [-0.39, 0.29) is 0 Å². The molecule has 0 saturated carbocycles. The molecular formula is C14H9N3S. The first kappa shape index (κ1) is 12.0. The number of nitrogens with zero attached hydrogens (tertiary/aromatic N) is 3. The first-order valence-corrected chi connectivity index (χ1v) is 6.15. The van der Waals surface area contributed by atoms with E-state index in [1.54, 1.807) is 18.2 Å². The summed E-state index contributed by atoms with van der Waals surface area (Å²) >= 11 is 1.45. The average molecular weight is 251 g/mol. The fourth-order valence-corrected chi connectivity index (χ4v) is 2.20. The van der Waals surface area contributed by atoms with Gasteiger partial charge in [-0.1, -0.05) is 12.1 Å². The van der Waals surface area contributed by atoms with Gasteiger partial charge in [0.25, 0.3) is 0 Å². The number of hydrogen-bond donors (Lipinski definition) is 0. The van der Waals surface area contributed by atoms with Gasteiger partial charge in [0, 0.05) is 11.1 Å². The van der Waals surface area contributed by atoms with Gasteiger partial charge in [0.1, 0.15) is 11.1 Å². The summed E-state index contributed by atoms with van der Waals surface area (Å²) in [5.74, 6) is 0. The maximum atomic E-state index is 9.15. The van der Waals surface area contributed by atoms with Crippen LogP contribution in [0.15, 0.2) is 29.6 Å². The zero-order valence-corrected chi connectivity index (χ0v) is 10.5. The highest BCUT2D eigenvalue weighted by Gasteiger charge is 2.05. The molecule has 4 heteroatoms. The molecule has 0 aliphatic carbocycles. The van der Waals surface area contributed by atoms with Crippen molar-refractivity contribution in [2.75, 3.05) is 0 Å². The molecule has 0 aliphatic rings. The average Bonchev–Trinajstić information content (AvgIpc) is 2.83. The Labute approximate surface area is 109 Å². The highest BCUT2D eigenvalue weighted by atomic mass is 32.1. The summed E-state index contributed by atoms with van der Waals surface area (Å²) < 4.78 is 0. The summed E-state index contributed by atoms with van der Waals surface area (Å²) in [5.41, 5.74) is 2.95. The van der Waals surface area contributed by atoms with Crippen LogP contribution in [-0.2, 0) is 0 Å². The lowest BCUT2D eigenvalue weighted by molar-refractivity contribution is 1.25. The summed E-state index contributed by atoms with van der Waals surface area (Å²) in [4.78, 5) is 4.29. The van der Waals surface area contributed by atoms with Crippen molar-refractivity contribution < 1.29 is 0 Å². The second kappa shape index (κ2) is 5.27. The number of nitriles is 2. The number of rotatable bonds is 2. The second-order valence-corrected chi connectivity index (χ2v) is 4.56. The van der Waals surface area contributed by atoms with Crippen molar-refractivity contribution in [2.45, 2.75) is 6.92 Å². The molecule has 0 radical (unpaired) electrons. The molecule has 86 valence electrons. The van der Waals surface area contributed by atoms with Crippen molar-refractivity contribution in [3.8, 4) is 12.1 Å². The Hall–Kier alpha value is -2.43. The summed E-state index contributed by atoms with van der Waals surface area (Å²) in [6.07, 6.45) is 1.78. The molecule has 1 aromatic heterocycles. The zero-order valence-electron chi connectivity index (χ0n) is 9.71. The van der Waals surface area contributed by atoms with Gasteiger partial charge in [0.05, 0.1) is 17.2 Å². The van der Waals surface area contributed by atoms with E-state index in [0.717, 1.165) is 16.3 Å². The standard InChI is InChI=1S/C14H9N3S/c1-10-9-18-14(17-10)13(8-16)6-11-2-4-12(7-15)5-3-11/h2-6,9H,1H3/b13-6+. The molecular weight excluding hydrogens is 242 g/mol. The molecule has 0 saturated heterocycles. The van der Waals surface area contributed by atoms with E-state index >= 15 is 0 Å². The first-order chi connectivity index (χ1) is 8.72. The molecule has 2 aromatic rings. The van der Waals surface area contributed by atoms with Crippen LogP contribution in [-0.4, -0.2) is 4.98 Å². The summed E-state index contributed by atoms with van der Waals surface area (Å²) in [5, 5.41) is 20.5. The molecule has 0 aliphatic heterocycles. The molecule has 0 amide bonds. The van der Waals surface area contributed by atoms with E-state index in [4.69, 9.17) is 10.5 Å². The minimum Gasteiger partial charge on any atom is -0.241 e. The maximum absolute atomic E-state index is 9.15. The fourth-order valence-electron chi connectivity index (χ4n) is 1.44. The second-order valence-electron chi connectivity index (χ2n) is 3.70. The van der Waals surface area contributed by atoms with E-state index in [1.807, 2.05) is 24.4 Å². The van der Waals surface area contributed by atoms with E-state index in [2.05, 4.69) is 17.1 Å². The van der Waals surface area contributed by atoms with Crippen molar-refractivity contribution in [2.24, 2.45) is 0 Å². The predicted molar refractivity (Wildman–Crippen MR) is 71.5 cm³/mol. The third-order valence-electron chi connectivity index (χ3n) is 2.32. The van der Waals surface area contributed by atoms with Gasteiger partial charge in [0.15, 0.2) is 0 Å². The Balaban J connectivity index is 2.36. The number of aromatic nitrogens is 1. The van der Waals surface area contributed by atoms with E-state index in [9.17, 15) is 0 Å². The molecule has 0 atom stereocenters. The van der Waals surface area contributed by atoms with Crippen LogP contribution >= 0.6 is 11.3 Å². The largest absolute Gasteiger partial charge is 0.241 e. The van der Waals surface area contributed by atoms with Crippen LogP contribution in [0.1, 0.15) is 21.8 Å². The molecule has 2 rings (SSSR count). The summed E-state index contributed by atoms with van der Waals surface area (Å²) in [7, 11) is 0. The van der Waals surface area contributed by atoms with Crippen LogP contribution in [0.25, 0.3) is 11.6 Å². The quantitative estimate of drug-likeness (QED) is 0.768. The minimum atomic E-state index is 0.540. The summed E-state index contributed by atoms with van der Waals surface area (Å²) in [6.45, 7) is 1.90. The third-order valence-corrected chi connectivity index (χ3v) is 3.31. The van der Waals surface area contributed by atoms with Gasteiger partial charge in [-0.2, -0.15) is 10.5 Å². The molecule has 0 fully saturated rings. The van der Waals surface area contributed by atoms with E-state index < -0.39 is 0 Å². The van der Waals surface area contributed by atoms with Gasteiger partial charge in [-0.05, 0) is 30.7 Å². The Morgan fingerprint density at radius 1 is 1.28 bits per heavy atom. The van der Waals surface area contributed by atoms with Crippen LogP contribution in [0.3, 0.4) is 0 Å². The fraction of sp³-hybridized carbons (Fsp3) is 0.0714. The van der Waals surface area contributed by atoms with Crippen LogP contribution in [0, 0.1) is 29.6 Å². The van der Waals surface area contributed by atoms with Gasteiger partial charge in [0.2, 0.25) is 0 Å². The number of allylic oxidation sites excluding steroid dienone is 1. The van der Waals surface area contributed by atoms with Gasteiger partial charge in [-0.3, -0.25) is 0 Å². The van der Waals surface area contributed by atoms with Crippen molar-refractivity contribution in [1.82, 2.24) is 4.98 Å². The van der Waals surface area contributed by atoms with Crippen molar-refractivity contribution >= 4 is 23.0 Å². The van der Waals surface area contributed by atoms with Crippen molar-refractivity contribution in [3.05, 3.63) is 51.5 Å². The lowest BCUT2D eigenvalue weighted by Crippen LogP contribution is -1.82. The molecule has 1 heterocycles. The third kappa shape index (κ3) is 2.63. The Morgan fingerprint density at radius 3 is 2.50 bits per heavy atom. The Morgan fingerprint density at radius 2 is 2.00 bits per heavy atom. The highest BCUT2D eigenvalue weighted by molar-refractivity contribution is 7.11. The van der Waals surface area contributed by atoms with Crippen LogP contribution in [0.4, 0.5) is 0 Å². The monoisotopic (exact) mass is 251 g/mol. The lowest BCUT2D eigenvalue weighted by Gasteiger charge is -1.95. The number of benzene rings is 1. The smallest absolute Gasteiger partial charge is 0.134 e. The van der Waals surface area contributed by atoms with Crippen molar-refractivity contribution in [1.29, 1.82) is 10.5 Å². The number of aryl methyl sites for hydroxylation is 1. The molecule has 0 unspecified atom stereocenters. The maximum Gasteiger partial charge on any atom is 0.134 e. The zero-order chi connectivity index (χ0) is 13.0. The highest BCUT2D eigenvalue weighted by Crippen LogP contribution is 2.21. The van der Waals surface area contributed by atoms with Gasteiger partial charge < -0.3 is 0 Å². The van der Waals surface area contributed by atoms with Gasteiger partial charge >= 0.3 is 0 Å². The topological polar surface area (TPSA) is 60.5 Å². The molecule has 1 aromatic carbocycles. The van der Waals surface area contributed by atoms with Crippen molar-refractivity contribution in [3.63, 3.8) is 0 Å². The minimum absolute atomic E-state index is 0.540. The van der Waals surface area contributed by atoms with Crippen LogP contribution < -0.4 is 0 Å². The van der Waals surface area contributed by atoms with E-state index in [1.165, 1.54) is 11.3 Å². The molecule has 0 spiro atoms. The van der Waals surface area contributed by atoms with Crippen LogP contribution in [0.5, 0.6) is 0 Å². The SMILES string of the molecule is Cc1csc(/C(C#N)=C/c2ccc(C#N)cc2)n1. The van der Waals surface area contributed by atoms with Gasteiger partial charge in [-0.15, -0.1) is 11.3 Å². The first-order valence-electron chi connectivity index (χ1n) is 5.27. The summed E-state index contributed by atoms with van der Waals surface area (Å²) in [6, 6.07) is 11.3. The number of thiazole rings is 1.